The summed E-state index contributed by atoms with van der Waals surface area (Å²) in [5.74, 6) is 0.274. The van der Waals surface area contributed by atoms with E-state index in [1.165, 1.54) is 6.07 Å². The highest BCUT2D eigenvalue weighted by atomic mass is 19.1. The van der Waals surface area contributed by atoms with Crippen LogP contribution in [0.2, 0.25) is 0 Å². The Labute approximate surface area is 124 Å². The van der Waals surface area contributed by atoms with Crippen molar-refractivity contribution in [2.45, 2.75) is 40.3 Å². The van der Waals surface area contributed by atoms with E-state index >= 15 is 0 Å². The summed E-state index contributed by atoms with van der Waals surface area (Å²) < 4.78 is 18.8. The van der Waals surface area contributed by atoms with Gasteiger partial charge in [0.15, 0.2) is 0 Å². The monoisotopic (exact) mass is 289 g/mol. The van der Waals surface area contributed by atoms with Gasteiger partial charge in [-0.1, -0.05) is 13.8 Å². The van der Waals surface area contributed by atoms with Crippen LogP contribution >= 0.6 is 0 Å². The normalized spacial score (nSPS) is 11.0. The highest BCUT2D eigenvalue weighted by Crippen LogP contribution is 2.21. The minimum Gasteiger partial charge on any atom is -0.424 e. The van der Waals surface area contributed by atoms with Gasteiger partial charge in [0.1, 0.15) is 11.6 Å². The van der Waals surface area contributed by atoms with Crippen molar-refractivity contribution in [3.63, 3.8) is 0 Å². The molecule has 0 aliphatic heterocycles. The lowest BCUT2D eigenvalue weighted by Gasteiger charge is -2.11. The summed E-state index contributed by atoms with van der Waals surface area (Å²) in [7, 11) is 0. The van der Waals surface area contributed by atoms with Crippen LogP contribution in [0.5, 0.6) is 11.8 Å². The lowest BCUT2D eigenvalue weighted by atomic mass is 10.2. The lowest BCUT2D eigenvalue weighted by molar-refractivity contribution is 0.437. The molecule has 1 heterocycles. The molecule has 1 aromatic heterocycles. The van der Waals surface area contributed by atoms with Crippen LogP contribution in [0.1, 0.15) is 30.7 Å². The van der Waals surface area contributed by atoms with Crippen LogP contribution in [0.4, 0.5) is 4.39 Å². The third-order valence-corrected chi connectivity index (χ3v) is 3.10. The predicted octanol–water partition coefficient (Wildman–Crippen LogP) is 3.52. The Kier molecular flexibility index (Phi) is 4.85. The van der Waals surface area contributed by atoms with Crippen molar-refractivity contribution >= 4 is 0 Å². The number of nitrogens with one attached hydrogen (secondary N) is 1. The van der Waals surface area contributed by atoms with E-state index in [4.69, 9.17) is 4.74 Å². The Morgan fingerprint density at radius 3 is 2.67 bits per heavy atom. The summed E-state index contributed by atoms with van der Waals surface area (Å²) in [6.07, 6.45) is 1.75. The predicted molar refractivity (Wildman–Crippen MR) is 80.0 cm³/mol. The van der Waals surface area contributed by atoms with E-state index in [1.807, 2.05) is 6.92 Å². The molecule has 0 aliphatic rings. The average molecular weight is 289 g/mol. The fourth-order valence-corrected chi connectivity index (χ4v) is 1.79. The van der Waals surface area contributed by atoms with E-state index < -0.39 is 0 Å². The zero-order chi connectivity index (χ0) is 15.4. The number of rotatable bonds is 5. The Balaban J connectivity index is 2.10. The molecular formula is C16H20FN3O. The average Bonchev–Trinajstić information content (AvgIpc) is 2.42. The smallest absolute Gasteiger partial charge is 0.322 e. The molecule has 0 saturated carbocycles. The molecule has 21 heavy (non-hydrogen) atoms. The second-order valence-electron chi connectivity index (χ2n) is 5.31. The van der Waals surface area contributed by atoms with Crippen LogP contribution in [0, 0.1) is 19.7 Å². The fraction of sp³-hybridized carbons (Fsp3) is 0.375. The Morgan fingerprint density at radius 2 is 2.05 bits per heavy atom. The van der Waals surface area contributed by atoms with E-state index in [0.29, 0.717) is 17.4 Å². The van der Waals surface area contributed by atoms with Gasteiger partial charge in [-0.15, -0.1) is 0 Å². The number of hydrogen-bond donors (Lipinski definition) is 1. The Bertz CT molecular complexity index is 629. The molecule has 0 atom stereocenters. The molecule has 2 aromatic rings. The minimum absolute atomic E-state index is 0.255. The first kappa shape index (κ1) is 15.4. The van der Waals surface area contributed by atoms with Crippen LogP contribution < -0.4 is 10.1 Å². The molecule has 0 aliphatic carbocycles. The maximum Gasteiger partial charge on any atom is 0.322 e. The summed E-state index contributed by atoms with van der Waals surface area (Å²) >= 11 is 0. The number of ether oxygens (including phenoxy) is 1. The maximum absolute atomic E-state index is 13.2. The first-order valence-electron chi connectivity index (χ1n) is 6.95. The van der Waals surface area contributed by atoms with Crippen LogP contribution in [0.25, 0.3) is 0 Å². The summed E-state index contributed by atoms with van der Waals surface area (Å²) in [6.45, 7) is 8.51. The third kappa shape index (κ3) is 4.23. The topological polar surface area (TPSA) is 47.0 Å². The van der Waals surface area contributed by atoms with Gasteiger partial charge in [0.2, 0.25) is 0 Å². The van der Waals surface area contributed by atoms with Crippen LogP contribution in [0.15, 0.2) is 24.4 Å². The van der Waals surface area contributed by atoms with E-state index in [0.717, 1.165) is 17.8 Å². The van der Waals surface area contributed by atoms with E-state index in [-0.39, 0.29) is 11.8 Å². The quantitative estimate of drug-likeness (QED) is 0.915. The first-order chi connectivity index (χ1) is 9.95. The molecule has 4 nitrogen and oxygen atoms in total. The van der Waals surface area contributed by atoms with Gasteiger partial charge in [0, 0.05) is 30.0 Å². The maximum atomic E-state index is 13.2. The van der Waals surface area contributed by atoms with Crippen molar-refractivity contribution < 1.29 is 9.13 Å². The number of aromatic nitrogens is 2. The molecule has 0 bridgehead atoms. The molecule has 1 aromatic carbocycles. The van der Waals surface area contributed by atoms with E-state index in [2.05, 4.69) is 29.1 Å². The van der Waals surface area contributed by atoms with Crippen molar-refractivity contribution in [3.8, 4) is 11.8 Å². The van der Waals surface area contributed by atoms with Crippen molar-refractivity contribution in [2.24, 2.45) is 0 Å². The number of aryl methyl sites for hydroxylation is 2. The first-order valence-corrected chi connectivity index (χ1v) is 6.95. The fourth-order valence-electron chi connectivity index (χ4n) is 1.79. The molecular weight excluding hydrogens is 269 g/mol. The van der Waals surface area contributed by atoms with Gasteiger partial charge in [0.05, 0.1) is 0 Å². The second-order valence-corrected chi connectivity index (χ2v) is 5.31. The summed E-state index contributed by atoms with van der Waals surface area (Å²) in [6, 6.07) is 5.24. The molecule has 0 fully saturated rings. The van der Waals surface area contributed by atoms with Gasteiger partial charge in [0.25, 0.3) is 0 Å². The molecule has 5 heteroatoms. The van der Waals surface area contributed by atoms with Gasteiger partial charge in [-0.05, 0) is 37.6 Å². The van der Waals surface area contributed by atoms with E-state index in [1.54, 1.807) is 25.3 Å². The van der Waals surface area contributed by atoms with Crippen LogP contribution in [0.3, 0.4) is 0 Å². The number of halogens is 1. The zero-order valence-corrected chi connectivity index (χ0v) is 12.8. The zero-order valence-electron chi connectivity index (χ0n) is 12.8. The van der Waals surface area contributed by atoms with Gasteiger partial charge < -0.3 is 10.1 Å². The van der Waals surface area contributed by atoms with Crippen LogP contribution in [-0.2, 0) is 6.54 Å². The summed E-state index contributed by atoms with van der Waals surface area (Å²) in [5, 5.41) is 3.32. The number of benzene rings is 1. The molecule has 112 valence electrons. The minimum atomic E-state index is -0.255. The van der Waals surface area contributed by atoms with Crippen molar-refractivity contribution in [1.82, 2.24) is 15.3 Å². The van der Waals surface area contributed by atoms with Gasteiger partial charge in [-0.2, -0.15) is 4.98 Å². The van der Waals surface area contributed by atoms with Gasteiger partial charge >= 0.3 is 6.01 Å². The molecule has 1 N–H and O–H groups in total. The molecule has 2 rings (SSSR count). The standard InChI is InChI=1S/C16H20FN3O/c1-10(2)18-8-13-9-19-16(20-12(13)4)21-14-5-6-15(17)11(3)7-14/h5-7,9-10,18H,8H2,1-4H3. The van der Waals surface area contributed by atoms with Crippen molar-refractivity contribution in [3.05, 3.63) is 47.0 Å². The molecule has 0 saturated heterocycles. The molecule has 0 spiro atoms. The Morgan fingerprint density at radius 1 is 1.29 bits per heavy atom. The molecule has 0 unspecified atom stereocenters. The molecule has 0 amide bonds. The van der Waals surface area contributed by atoms with Crippen molar-refractivity contribution in [2.75, 3.05) is 0 Å². The van der Waals surface area contributed by atoms with Crippen molar-refractivity contribution in [1.29, 1.82) is 0 Å². The van der Waals surface area contributed by atoms with E-state index in [9.17, 15) is 4.39 Å². The second kappa shape index (κ2) is 6.63. The van der Waals surface area contributed by atoms with Crippen LogP contribution in [-0.4, -0.2) is 16.0 Å². The Hall–Kier alpha value is -2.01. The highest BCUT2D eigenvalue weighted by Gasteiger charge is 2.07. The highest BCUT2D eigenvalue weighted by molar-refractivity contribution is 5.31. The largest absolute Gasteiger partial charge is 0.424 e. The summed E-state index contributed by atoms with van der Waals surface area (Å²) in [4.78, 5) is 8.53. The van der Waals surface area contributed by atoms with Gasteiger partial charge in [-0.3, -0.25) is 0 Å². The molecule has 0 radical (unpaired) electrons. The summed E-state index contributed by atoms with van der Waals surface area (Å²) in [5.41, 5.74) is 2.43. The lowest BCUT2D eigenvalue weighted by Crippen LogP contribution is -2.22. The number of nitrogens with zero attached hydrogens (tertiary/aromatic N) is 2. The SMILES string of the molecule is Cc1cc(Oc2ncc(CNC(C)C)c(C)n2)ccc1F. The third-order valence-electron chi connectivity index (χ3n) is 3.10. The number of hydrogen-bond acceptors (Lipinski definition) is 4. The van der Waals surface area contributed by atoms with Gasteiger partial charge in [-0.25, -0.2) is 9.37 Å².